The Morgan fingerprint density at radius 3 is 2.94 bits per heavy atom. The third-order valence-corrected chi connectivity index (χ3v) is 3.25. The summed E-state index contributed by atoms with van der Waals surface area (Å²) in [6.45, 7) is 3.33. The highest BCUT2D eigenvalue weighted by Crippen LogP contribution is 2.22. The van der Waals surface area contributed by atoms with E-state index in [9.17, 15) is 4.79 Å². The Balaban J connectivity index is 2.17. The van der Waals surface area contributed by atoms with Gasteiger partial charge in [-0.1, -0.05) is 12.8 Å². The molecule has 0 aromatic carbocycles. The van der Waals surface area contributed by atoms with Gasteiger partial charge >= 0.3 is 0 Å². The van der Waals surface area contributed by atoms with Crippen molar-refractivity contribution < 1.29 is 4.79 Å². The first-order valence-corrected chi connectivity index (χ1v) is 5.99. The van der Waals surface area contributed by atoms with Crippen LogP contribution in [0, 0.1) is 0 Å². The van der Waals surface area contributed by atoms with Crippen molar-refractivity contribution in [1.82, 2.24) is 4.98 Å². The standard InChI is InChI=1S/C13H18N2O/c1-11-5-3-2-4-8-15(11)13-7-6-12(10-16)9-14-13/h6-7,9-11H,2-5,8H2,1H3. The lowest BCUT2D eigenvalue weighted by Gasteiger charge is -2.28. The van der Waals surface area contributed by atoms with Crippen LogP contribution in [0.25, 0.3) is 0 Å². The number of hydrogen-bond acceptors (Lipinski definition) is 3. The lowest BCUT2D eigenvalue weighted by molar-refractivity contribution is 0.112. The minimum Gasteiger partial charge on any atom is -0.354 e. The van der Waals surface area contributed by atoms with Gasteiger partial charge in [-0.25, -0.2) is 4.98 Å². The Labute approximate surface area is 96.5 Å². The van der Waals surface area contributed by atoms with Crippen LogP contribution in [0.15, 0.2) is 18.3 Å². The van der Waals surface area contributed by atoms with Gasteiger partial charge in [0.15, 0.2) is 6.29 Å². The summed E-state index contributed by atoms with van der Waals surface area (Å²) in [6.07, 6.45) is 7.58. The van der Waals surface area contributed by atoms with E-state index in [1.807, 2.05) is 12.1 Å². The molecule has 1 aromatic heterocycles. The average molecular weight is 218 g/mol. The lowest BCUT2D eigenvalue weighted by Crippen LogP contribution is -2.33. The number of nitrogens with zero attached hydrogens (tertiary/aromatic N) is 2. The normalized spacial score (nSPS) is 21.6. The van der Waals surface area contributed by atoms with Crippen molar-refractivity contribution in [2.45, 2.75) is 38.6 Å². The number of aldehydes is 1. The van der Waals surface area contributed by atoms with Crippen LogP contribution in [-0.4, -0.2) is 23.9 Å². The molecule has 0 bridgehead atoms. The number of hydrogen-bond donors (Lipinski definition) is 0. The topological polar surface area (TPSA) is 33.2 Å². The van der Waals surface area contributed by atoms with Gasteiger partial charge in [0.2, 0.25) is 0 Å². The van der Waals surface area contributed by atoms with Gasteiger partial charge in [-0.15, -0.1) is 0 Å². The summed E-state index contributed by atoms with van der Waals surface area (Å²) in [6, 6.07) is 4.34. The van der Waals surface area contributed by atoms with Crippen molar-refractivity contribution in [2.24, 2.45) is 0 Å². The third kappa shape index (κ3) is 2.40. The van der Waals surface area contributed by atoms with Gasteiger partial charge < -0.3 is 4.90 Å². The van der Waals surface area contributed by atoms with Crippen LogP contribution >= 0.6 is 0 Å². The molecule has 0 amide bonds. The van der Waals surface area contributed by atoms with E-state index in [2.05, 4.69) is 16.8 Å². The molecule has 2 rings (SSSR count). The minimum atomic E-state index is 0.553. The molecule has 1 aliphatic rings. The maximum absolute atomic E-state index is 10.6. The van der Waals surface area contributed by atoms with Gasteiger partial charge in [0.25, 0.3) is 0 Å². The highest BCUT2D eigenvalue weighted by atomic mass is 16.1. The van der Waals surface area contributed by atoms with E-state index in [1.165, 1.54) is 25.7 Å². The van der Waals surface area contributed by atoms with Crippen molar-refractivity contribution in [3.05, 3.63) is 23.9 Å². The first-order valence-electron chi connectivity index (χ1n) is 5.99. The van der Waals surface area contributed by atoms with E-state index in [0.29, 0.717) is 11.6 Å². The molecule has 2 heterocycles. The van der Waals surface area contributed by atoms with Crippen molar-refractivity contribution in [1.29, 1.82) is 0 Å². The van der Waals surface area contributed by atoms with Crippen molar-refractivity contribution in [2.75, 3.05) is 11.4 Å². The van der Waals surface area contributed by atoms with Crippen molar-refractivity contribution >= 4 is 12.1 Å². The number of pyridine rings is 1. The van der Waals surface area contributed by atoms with E-state index in [4.69, 9.17) is 0 Å². The fourth-order valence-electron chi connectivity index (χ4n) is 2.25. The molecule has 1 atom stereocenters. The van der Waals surface area contributed by atoms with Gasteiger partial charge in [0.05, 0.1) is 0 Å². The summed E-state index contributed by atoms with van der Waals surface area (Å²) in [5, 5.41) is 0. The van der Waals surface area contributed by atoms with Gasteiger partial charge in [-0.2, -0.15) is 0 Å². The fraction of sp³-hybridized carbons (Fsp3) is 0.538. The highest BCUT2D eigenvalue weighted by molar-refractivity contribution is 5.74. The molecule has 1 saturated heterocycles. The number of carbonyl (C=O) groups excluding carboxylic acids is 1. The van der Waals surface area contributed by atoms with Crippen molar-refractivity contribution in [3.8, 4) is 0 Å². The molecule has 3 heteroatoms. The maximum atomic E-state index is 10.6. The molecule has 0 spiro atoms. The van der Waals surface area contributed by atoms with E-state index in [1.54, 1.807) is 6.20 Å². The van der Waals surface area contributed by atoms with Crippen LogP contribution < -0.4 is 4.90 Å². The van der Waals surface area contributed by atoms with Gasteiger partial charge in [0, 0.05) is 24.3 Å². The molecule has 1 aromatic rings. The second-order valence-corrected chi connectivity index (χ2v) is 4.46. The summed E-state index contributed by atoms with van der Waals surface area (Å²) in [7, 11) is 0. The number of rotatable bonds is 2. The summed E-state index contributed by atoms with van der Waals surface area (Å²) < 4.78 is 0. The smallest absolute Gasteiger partial charge is 0.151 e. The Morgan fingerprint density at radius 1 is 1.38 bits per heavy atom. The molecule has 3 nitrogen and oxygen atoms in total. The van der Waals surface area contributed by atoms with Crippen molar-refractivity contribution in [3.63, 3.8) is 0 Å². The summed E-state index contributed by atoms with van der Waals surface area (Å²) in [4.78, 5) is 17.3. The van der Waals surface area contributed by atoms with E-state index in [-0.39, 0.29) is 0 Å². The molecule has 0 aliphatic carbocycles. The molecule has 0 saturated carbocycles. The Bertz CT molecular complexity index is 347. The van der Waals surface area contributed by atoms with E-state index in [0.717, 1.165) is 18.6 Å². The average Bonchev–Trinajstić information content (AvgIpc) is 2.54. The number of carbonyl (C=O) groups is 1. The molecular weight excluding hydrogens is 200 g/mol. The second-order valence-electron chi connectivity index (χ2n) is 4.46. The van der Waals surface area contributed by atoms with Gasteiger partial charge in [-0.3, -0.25) is 4.79 Å². The molecular formula is C13H18N2O. The maximum Gasteiger partial charge on any atom is 0.151 e. The monoisotopic (exact) mass is 218 g/mol. The van der Waals surface area contributed by atoms with Crippen LogP contribution in [0.1, 0.15) is 43.0 Å². The Hall–Kier alpha value is -1.38. The first-order chi connectivity index (χ1) is 7.81. The zero-order valence-electron chi connectivity index (χ0n) is 9.72. The highest BCUT2D eigenvalue weighted by Gasteiger charge is 2.17. The predicted molar refractivity (Wildman–Crippen MR) is 64.9 cm³/mol. The molecule has 86 valence electrons. The van der Waals surface area contributed by atoms with Crippen LogP contribution in [0.5, 0.6) is 0 Å². The van der Waals surface area contributed by atoms with Gasteiger partial charge in [0.1, 0.15) is 5.82 Å². The quantitative estimate of drug-likeness (QED) is 0.715. The second kappa shape index (κ2) is 5.10. The summed E-state index contributed by atoms with van der Waals surface area (Å²) in [5.41, 5.74) is 0.645. The molecule has 0 N–H and O–H groups in total. The first kappa shape index (κ1) is 11.1. The molecule has 16 heavy (non-hydrogen) atoms. The Morgan fingerprint density at radius 2 is 2.25 bits per heavy atom. The van der Waals surface area contributed by atoms with Crippen LogP contribution in [-0.2, 0) is 0 Å². The van der Waals surface area contributed by atoms with E-state index < -0.39 is 0 Å². The molecule has 1 fully saturated rings. The SMILES string of the molecule is CC1CCCCCN1c1ccc(C=O)cn1. The fourth-order valence-corrected chi connectivity index (χ4v) is 2.25. The van der Waals surface area contributed by atoms with Crippen LogP contribution in [0.4, 0.5) is 5.82 Å². The summed E-state index contributed by atoms with van der Waals surface area (Å²) in [5.74, 6) is 1.00. The van der Waals surface area contributed by atoms with Crippen LogP contribution in [0.3, 0.4) is 0 Å². The lowest BCUT2D eigenvalue weighted by atomic mass is 10.1. The van der Waals surface area contributed by atoms with Crippen LogP contribution in [0.2, 0.25) is 0 Å². The largest absolute Gasteiger partial charge is 0.354 e. The number of aromatic nitrogens is 1. The Kier molecular flexibility index (Phi) is 3.54. The zero-order chi connectivity index (χ0) is 11.4. The predicted octanol–water partition coefficient (Wildman–Crippen LogP) is 2.66. The number of anilines is 1. The minimum absolute atomic E-state index is 0.553. The zero-order valence-corrected chi connectivity index (χ0v) is 9.72. The molecule has 1 unspecified atom stereocenters. The van der Waals surface area contributed by atoms with E-state index >= 15 is 0 Å². The van der Waals surface area contributed by atoms with Gasteiger partial charge in [-0.05, 0) is 31.9 Å². The summed E-state index contributed by atoms with van der Waals surface area (Å²) >= 11 is 0. The molecule has 0 radical (unpaired) electrons. The molecule has 1 aliphatic heterocycles. The third-order valence-electron chi connectivity index (χ3n) is 3.25.